The first-order chi connectivity index (χ1) is 6.77. The second-order valence-electron chi connectivity index (χ2n) is 4.00. The fourth-order valence-electron chi connectivity index (χ4n) is 2.16. The summed E-state index contributed by atoms with van der Waals surface area (Å²) in [6.07, 6.45) is 1.08. The molecule has 72 valence electrons. The van der Waals surface area contributed by atoms with E-state index in [1.165, 1.54) is 0 Å². The second-order valence-corrected chi connectivity index (χ2v) is 4.41. The summed E-state index contributed by atoms with van der Waals surface area (Å²) in [4.78, 5) is 13.6. The van der Waals surface area contributed by atoms with Crippen molar-refractivity contribution in [1.29, 1.82) is 0 Å². The first kappa shape index (κ1) is 8.30. The summed E-state index contributed by atoms with van der Waals surface area (Å²) in [7, 11) is 0. The first-order valence-electron chi connectivity index (χ1n) is 4.83. The second kappa shape index (κ2) is 2.74. The summed E-state index contributed by atoms with van der Waals surface area (Å²) in [6, 6.07) is 7.53. The maximum Gasteiger partial charge on any atom is 0.230 e. The van der Waals surface area contributed by atoms with Crippen molar-refractivity contribution in [3.05, 3.63) is 29.3 Å². The van der Waals surface area contributed by atoms with E-state index < -0.39 is 0 Å². The number of hydrogen-bond acceptors (Lipinski definition) is 1. The van der Waals surface area contributed by atoms with E-state index in [0.717, 1.165) is 18.7 Å². The van der Waals surface area contributed by atoms with E-state index >= 15 is 0 Å². The molecule has 0 bridgehead atoms. The number of para-hydroxylation sites is 1. The average Bonchev–Trinajstić information content (AvgIpc) is 2.88. The van der Waals surface area contributed by atoms with Gasteiger partial charge >= 0.3 is 0 Å². The molecule has 2 unspecified atom stereocenters. The van der Waals surface area contributed by atoms with Crippen molar-refractivity contribution >= 4 is 23.2 Å². The van der Waals surface area contributed by atoms with Crippen molar-refractivity contribution in [2.24, 2.45) is 11.8 Å². The Morgan fingerprint density at radius 1 is 1.36 bits per heavy atom. The number of benzene rings is 1. The largest absolute Gasteiger partial charge is 0.310 e. The van der Waals surface area contributed by atoms with Gasteiger partial charge in [-0.15, -0.1) is 0 Å². The Morgan fingerprint density at radius 2 is 2.14 bits per heavy atom. The monoisotopic (exact) mass is 207 g/mol. The van der Waals surface area contributed by atoms with E-state index in [4.69, 9.17) is 11.6 Å². The molecule has 2 fully saturated rings. The van der Waals surface area contributed by atoms with Gasteiger partial charge in [-0.05, 0) is 24.5 Å². The Morgan fingerprint density at radius 3 is 2.79 bits per heavy atom. The molecule has 1 aromatic rings. The number of fused-ring (bicyclic) bond motifs is 1. The van der Waals surface area contributed by atoms with Crippen LogP contribution in [0.1, 0.15) is 6.42 Å². The van der Waals surface area contributed by atoms with Crippen molar-refractivity contribution in [2.45, 2.75) is 6.42 Å². The van der Waals surface area contributed by atoms with E-state index in [-0.39, 0.29) is 5.91 Å². The molecule has 0 radical (unpaired) electrons. The topological polar surface area (TPSA) is 20.3 Å². The van der Waals surface area contributed by atoms with Crippen LogP contribution in [-0.2, 0) is 4.79 Å². The van der Waals surface area contributed by atoms with Crippen molar-refractivity contribution in [2.75, 3.05) is 11.4 Å². The first-order valence-corrected chi connectivity index (χ1v) is 5.21. The minimum Gasteiger partial charge on any atom is -0.310 e. The molecule has 0 aromatic heterocycles. The lowest BCUT2D eigenvalue weighted by Gasteiger charge is -2.19. The maximum atomic E-state index is 11.8. The van der Waals surface area contributed by atoms with E-state index in [0.29, 0.717) is 16.9 Å². The quantitative estimate of drug-likeness (QED) is 0.692. The minimum absolute atomic E-state index is 0.253. The Bertz CT molecular complexity index is 404. The van der Waals surface area contributed by atoms with Gasteiger partial charge in [0.25, 0.3) is 0 Å². The lowest BCUT2D eigenvalue weighted by molar-refractivity contribution is -0.118. The predicted octanol–water partition coefficient (Wildman–Crippen LogP) is 2.32. The Balaban J connectivity index is 1.96. The number of nitrogens with zero attached hydrogens (tertiary/aromatic N) is 1. The highest BCUT2D eigenvalue weighted by molar-refractivity contribution is 6.33. The zero-order valence-electron chi connectivity index (χ0n) is 7.61. The highest BCUT2D eigenvalue weighted by Gasteiger charge is 2.52. The highest BCUT2D eigenvalue weighted by atomic mass is 35.5. The van der Waals surface area contributed by atoms with E-state index in [2.05, 4.69) is 0 Å². The third-order valence-electron chi connectivity index (χ3n) is 3.07. The molecule has 2 nitrogen and oxygen atoms in total. The van der Waals surface area contributed by atoms with Crippen LogP contribution in [0.2, 0.25) is 5.02 Å². The van der Waals surface area contributed by atoms with Gasteiger partial charge in [0.05, 0.1) is 10.7 Å². The third kappa shape index (κ3) is 1.07. The molecule has 1 amide bonds. The van der Waals surface area contributed by atoms with Crippen molar-refractivity contribution < 1.29 is 4.79 Å². The van der Waals surface area contributed by atoms with Crippen LogP contribution in [0, 0.1) is 11.8 Å². The van der Waals surface area contributed by atoms with Gasteiger partial charge < -0.3 is 4.90 Å². The van der Waals surface area contributed by atoms with Gasteiger partial charge in [0.2, 0.25) is 5.91 Å². The number of halogens is 1. The summed E-state index contributed by atoms with van der Waals surface area (Å²) >= 11 is 6.04. The van der Waals surface area contributed by atoms with E-state index in [1.54, 1.807) is 0 Å². The van der Waals surface area contributed by atoms with Gasteiger partial charge in [-0.3, -0.25) is 4.79 Å². The molecular formula is C11H10ClNO. The van der Waals surface area contributed by atoms with E-state index in [9.17, 15) is 4.79 Å². The molecule has 0 N–H and O–H groups in total. The minimum atomic E-state index is 0.253. The Kier molecular flexibility index (Phi) is 1.62. The maximum absolute atomic E-state index is 11.8. The van der Waals surface area contributed by atoms with Gasteiger partial charge in [0, 0.05) is 12.5 Å². The van der Waals surface area contributed by atoms with Crippen LogP contribution in [0.3, 0.4) is 0 Å². The average molecular weight is 208 g/mol. The van der Waals surface area contributed by atoms with Gasteiger partial charge in [-0.1, -0.05) is 23.7 Å². The van der Waals surface area contributed by atoms with Crippen LogP contribution in [0.5, 0.6) is 0 Å². The fourth-order valence-corrected chi connectivity index (χ4v) is 2.40. The summed E-state index contributed by atoms with van der Waals surface area (Å²) in [5, 5.41) is 0.669. The third-order valence-corrected chi connectivity index (χ3v) is 3.39. The molecule has 1 heterocycles. The molecule has 1 saturated heterocycles. The van der Waals surface area contributed by atoms with Gasteiger partial charge in [-0.2, -0.15) is 0 Å². The number of carbonyl (C=O) groups excluding carboxylic acids is 1. The predicted molar refractivity (Wildman–Crippen MR) is 55.4 cm³/mol. The summed E-state index contributed by atoms with van der Waals surface area (Å²) in [6.45, 7) is 0.854. The summed E-state index contributed by atoms with van der Waals surface area (Å²) in [5.41, 5.74) is 0.867. The van der Waals surface area contributed by atoms with Crippen LogP contribution in [0.4, 0.5) is 5.69 Å². The normalized spacial score (nSPS) is 29.2. The van der Waals surface area contributed by atoms with Crippen molar-refractivity contribution in [1.82, 2.24) is 0 Å². The van der Waals surface area contributed by atoms with Crippen LogP contribution in [0.15, 0.2) is 24.3 Å². The van der Waals surface area contributed by atoms with Crippen LogP contribution < -0.4 is 4.90 Å². The molecule has 3 rings (SSSR count). The molecule has 1 aromatic carbocycles. The van der Waals surface area contributed by atoms with Crippen molar-refractivity contribution in [3.63, 3.8) is 0 Å². The van der Waals surface area contributed by atoms with Gasteiger partial charge in [0.1, 0.15) is 0 Å². The van der Waals surface area contributed by atoms with Gasteiger partial charge in [-0.25, -0.2) is 0 Å². The molecule has 2 atom stereocenters. The highest BCUT2D eigenvalue weighted by Crippen LogP contribution is 2.48. The van der Waals surface area contributed by atoms with Crippen LogP contribution in [-0.4, -0.2) is 12.5 Å². The molecule has 1 aliphatic heterocycles. The molecule has 0 spiro atoms. The number of amides is 1. The summed E-state index contributed by atoms with van der Waals surface area (Å²) in [5.74, 6) is 1.15. The standard InChI is InChI=1S/C11H10ClNO/c12-9-3-1-2-4-10(9)13-6-7-5-8(7)11(13)14/h1-4,7-8H,5-6H2. The summed E-state index contributed by atoms with van der Waals surface area (Å²) < 4.78 is 0. The number of hydrogen-bond donors (Lipinski definition) is 0. The van der Waals surface area contributed by atoms with Gasteiger partial charge in [0.15, 0.2) is 0 Å². The number of rotatable bonds is 1. The molecule has 14 heavy (non-hydrogen) atoms. The van der Waals surface area contributed by atoms with Crippen LogP contribution in [0.25, 0.3) is 0 Å². The number of anilines is 1. The number of piperidine rings is 1. The lowest BCUT2D eigenvalue weighted by Crippen LogP contribution is -2.28. The van der Waals surface area contributed by atoms with Crippen molar-refractivity contribution in [3.8, 4) is 0 Å². The Hall–Kier alpha value is -1.02. The molecule has 1 aliphatic carbocycles. The zero-order chi connectivity index (χ0) is 9.71. The molecule has 3 heteroatoms. The fraction of sp³-hybridized carbons (Fsp3) is 0.364. The molecule has 1 saturated carbocycles. The zero-order valence-corrected chi connectivity index (χ0v) is 8.37. The lowest BCUT2D eigenvalue weighted by atomic mass is 10.3. The van der Waals surface area contributed by atoms with Crippen LogP contribution >= 0.6 is 11.6 Å². The molecular weight excluding hydrogens is 198 g/mol. The Labute approximate surface area is 87.5 Å². The molecule has 2 aliphatic rings. The van der Waals surface area contributed by atoms with E-state index in [1.807, 2.05) is 29.2 Å². The number of carbonyl (C=O) groups is 1. The smallest absolute Gasteiger partial charge is 0.230 e. The SMILES string of the molecule is O=C1C2CC2CN1c1ccccc1Cl.